The number of aromatic nitrogens is 4. The Labute approximate surface area is 137 Å². The van der Waals surface area contributed by atoms with E-state index in [2.05, 4.69) is 15.5 Å². The number of hydrogen-bond acceptors (Lipinski definition) is 5. The van der Waals surface area contributed by atoms with E-state index < -0.39 is 11.9 Å². The normalized spacial score (nSPS) is 10.5. The van der Waals surface area contributed by atoms with Crippen LogP contribution in [0, 0.1) is 0 Å². The minimum Gasteiger partial charge on any atom is -0.478 e. The quantitative estimate of drug-likeness (QED) is 0.774. The summed E-state index contributed by atoms with van der Waals surface area (Å²) >= 11 is 0. The molecule has 0 saturated heterocycles. The zero-order chi connectivity index (χ0) is 17.9. The largest absolute Gasteiger partial charge is 0.478 e. The third-order valence-corrected chi connectivity index (χ3v) is 3.21. The Morgan fingerprint density at radius 2 is 1.96 bits per heavy atom. The Hall–Kier alpha value is -3.17. The number of amides is 2. The molecule has 0 aromatic carbocycles. The molecule has 10 nitrogen and oxygen atoms in total. The van der Waals surface area contributed by atoms with Crippen molar-refractivity contribution in [2.45, 2.75) is 20.0 Å². The number of anilines is 1. The van der Waals surface area contributed by atoms with Crippen molar-refractivity contribution < 1.29 is 19.5 Å². The first-order valence-electron chi connectivity index (χ1n) is 7.16. The average molecular weight is 334 g/mol. The lowest BCUT2D eigenvalue weighted by molar-refractivity contribution is -0.116. The third kappa shape index (κ3) is 3.59. The molecule has 0 aliphatic carbocycles. The molecule has 2 rings (SSSR count). The van der Waals surface area contributed by atoms with E-state index in [-0.39, 0.29) is 23.7 Å². The van der Waals surface area contributed by atoms with E-state index in [1.165, 1.54) is 26.7 Å². The van der Waals surface area contributed by atoms with Gasteiger partial charge in [0, 0.05) is 26.8 Å². The highest BCUT2D eigenvalue weighted by Crippen LogP contribution is 2.17. The van der Waals surface area contributed by atoms with Crippen LogP contribution >= 0.6 is 0 Å². The van der Waals surface area contributed by atoms with Crippen molar-refractivity contribution in [2.75, 3.05) is 19.4 Å². The molecule has 2 aromatic heterocycles. The molecule has 0 unspecified atom stereocenters. The highest BCUT2D eigenvalue weighted by molar-refractivity contribution is 6.02. The van der Waals surface area contributed by atoms with Gasteiger partial charge in [0.2, 0.25) is 5.91 Å². The fraction of sp³-hybridized carbons (Fsp3) is 0.357. The summed E-state index contributed by atoms with van der Waals surface area (Å²) in [5.74, 6) is -1.85. The molecule has 0 atom stereocenters. The molecular formula is C14H18N6O4. The Morgan fingerprint density at radius 3 is 2.50 bits per heavy atom. The Balaban J connectivity index is 2.15. The molecule has 2 N–H and O–H groups in total. The maximum Gasteiger partial charge on any atom is 0.338 e. The summed E-state index contributed by atoms with van der Waals surface area (Å²) in [6.45, 7) is 2.13. The molecule has 2 amide bonds. The van der Waals surface area contributed by atoms with Crippen molar-refractivity contribution in [1.82, 2.24) is 24.5 Å². The molecule has 0 aliphatic heterocycles. The van der Waals surface area contributed by atoms with Crippen molar-refractivity contribution >= 4 is 23.5 Å². The molecule has 2 aromatic rings. The average Bonchev–Trinajstić information content (AvgIpc) is 3.13. The molecule has 128 valence electrons. The molecule has 24 heavy (non-hydrogen) atoms. The van der Waals surface area contributed by atoms with Crippen molar-refractivity contribution in [3.05, 3.63) is 29.8 Å². The van der Waals surface area contributed by atoms with Crippen LogP contribution in [0.2, 0.25) is 0 Å². The van der Waals surface area contributed by atoms with Crippen LogP contribution in [0.15, 0.2) is 18.6 Å². The fourth-order valence-corrected chi connectivity index (χ4v) is 2.05. The van der Waals surface area contributed by atoms with Gasteiger partial charge in [0.15, 0.2) is 0 Å². The highest BCUT2D eigenvalue weighted by atomic mass is 16.4. The Bertz CT molecular complexity index is 776. The Kier molecular flexibility index (Phi) is 4.97. The van der Waals surface area contributed by atoms with Crippen molar-refractivity contribution in [1.29, 1.82) is 0 Å². The maximum absolute atomic E-state index is 12.3. The smallest absolute Gasteiger partial charge is 0.338 e. The van der Waals surface area contributed by atoms with Crippen molar-refractivity contribution in [3.8, 4) is 0 Å². The van der Waals surface area contributed by atoms with Crippen LogP contribution in [0.4, 0.5) is 5.69 Å². The topological polar surface area (TPSA) is 122 Å². The van der Waals surface area contributed by atoms with Gasteiger partial charge in [-0.05, 0) is 6.92 Å². The molecule has 0 aliphatic rings. The van der Waals surface area contributed by atoms with Crippen molar-refractivity contribution in [3.63, 3.8) is 0 Å². The first kappa shape index (κ1) is 17.2. The number of carbonyl (C=O) groups is 3. The number of nitrogens with zero attached hydrogens (tertiary/aromatic N) is 5. The van der Waals surface area contributed by atoms with Crippen LogP contribution in [-0.2, 0) is 17.9 Å². The standard InChI is InChI=1S/C14H18N6O4/c1-4-20-12(13(22)18(2)3)10(6-16-20)17-11(21)8-19-7-9(5-15-19)14(23)24/h5-7H,4,8H2,1-3H3,(H,17,21)(H,23,24). The van der Waals surface area contributed by atoms with Crippen molar-refractivity contribution in [2.24, 2.45) is 0 Å². The van der Waals surface area contributed by atoms with Gasteiger partial charge >= 0.3 is 5.97 Å². The number of carboxylic acid groups (broad SMARTS) is 1. The van der Waals surface area contributed by atoms with Crippen LogP contribution in [0.3, 0.4) is 0 Å². The van der Waals surface area contributed by atoms with E-state index in [1.54, 1.807) is 14.1 Å². The highest BCUT2D eigenvalue weighted by Gasteiger charge is 2.21. The number of rotatable bonds is 6. The first-order chi connectivity index (χ1) is 11.3. The lowest BCUT2D eigenvalue weighted by Crippen LogP contribution is -2.27. The molecule has 0 bridgehead atoms. The number of hydrogen-bond donors (Lipinski definition) is 2. The van der Waals surface area contributed by atoms with Gasteiger partial charge in [-0.2, -0.15) is 10.2 Å². The van der Waals surface area contributed by atoms with E-state index in [4.69, 9.17) is 5.11 Å². The van der Waals surface area contributed by atoms with Gasteiger partial charge < -0.3 is 15.3 Å². The lowest BCUT2D eigenvalue weighted by atomic mass is 10.3. The molecule has 0 fully saturated rings. The van der Waals surface area contributed by atoms with Gasteiger partial charge in [0.05, 0.1) is 23.6 Å². The van der Waals surface area contributed by atoms with Gasteiger partial charge in [-0.1, -0.05) is 0 Å². The predicted molar refractivity (Wildman–Crippen MR) is 83.7 cm³/mol. The number of carboxylic acids is 1. The van der Waals surface area contributed by atoms with Crippen LogP contribution in [-0.4, -0.2) is 61.4 Å². The SMILES string of the molecule is CCn1ncc(NC(=O)Cn2cc(C(=O)O)cn2)c1C(=O)N(C)C. The van der Waals surface area contributed by atoms with Crippen LogP contribution < -0.4 is 5.32 Å². The number of aryl methyl sites for hydroxylation is 1. The van der Waals surface area contributed by atoms with Gasteiger partial charge in [0.1, 0.15) is 12.2 Å². The van der Waals surface area contributed by atoms with Crippen LogP contribution in [0.1, 0.15) is 27.8 Å². The predicted octanol–water partition coefficient (Wildman–Crippen LogP) is 0.138. The minimum absolute atomic E-state index is 0.00919. The third-order valence-electron chi connectivity index (χ3n) is 3.21. The molecule has 0 radical (unpaired) electrons. The van der Waals surface area contributed by atoms with E-state index in [9.17, 15) is 14.4 Å². The number of carbonyl (C=O) groups excluding carboxylic acids is 2. The van der Waals surface area contributed by atoms with E-state index in [1.807, 2.05) is 6.92 Å². The van der Waals surface area contributed by atoms with E-state index >= 15 is 0 Å². The van der Waals surface area contributed by atoms with Gasteiger partial charge in [-0.25, -0.2) is 4.79 Å². The van der Waals surface area contributed by atoms with E-state index in [0.29, 0.717) is 12.2 Å². The second-order valence-corrected chi connectivity index (χ2v) is 5.20. The molecule has 10 heteroatoms. The maximum atomic E-state index is 12.3. The lowest BCUT2D eigenvalue weighted by Gasteiger charge is -2.13. The van der Waals surface area contributed by atoms with Crippen LogP contribution in [0.25, 0.3) is 0 Å². The fourth-order valence-electron chi connectivity index (χ4n) is 2.05. The van der Waals surface area contributed by atoms with E-state index in [0.717, 1.165) is 6.20 Å². The zero-order valence-electron chi connectivity index (χ0n) is 13.6. The second kappa shape index (κ2) is 6.94. The Morgan fingerprint density at radius 1 is 1.25 bits per heavy atom. The summed E-state index contributed by atoms with van der Waals surface area (Å²) in [5, 5.41) is 19.3. The first-order valence-corrected chi connectivity index (χ1v) is 7.16. The zero-order valence-corrected chi connectivity index (χ0v) is 13.6. The summed E-state index contributed by atoms with van der Waals surface area (Å²) in [6.07, 6.45) is 3.82. The number of aromatic carboxylic acids is 1. The van der Waals surface area contributed by atoms with Gasteiger partial charge in [0.25, 0.3) is 5.91 Å². The molecular weight excluding hydrogens is 316 g/mol. The van der Waals surface area contributed by atoms with Crippen LogP contribution in [0.5, 0.6) is 0 Å². The summed E-state index contributed by atoms with van der Waals surface area (Å²) in [6, 6.07) is 0. The van der Waals surface area contributed by atoms with Gasteiger partial charge in [-0.15, -0.1) is 0 Å². The summed E-state index contributed by atoms with van der Waals surface area (Å²) < 4.78 is 2.70. The summed E-state index contributed by atoms with van der Waals surface area (Å²) in [7, 11) is 3.22. The summed E-state index contributed by atoms with van der Waals surface area (Å²) in [4.78, 5) is 36.6. The minimum atomic E-state index is -1.12. The molecule has 2 heterocycles. The molecule has 0 spiro atoms. The second-order valence-electron chi connectivity index (χ2n) is 5.20. The summed E-state index contributed by atoms with van der Waals surface area (Å²) in [5.41, 5.74) is 0.568. The molecule has 0 saturated carbocycles. The monoisotopic (exact) mass is 334 g/mol. The number of nitrogens with one attached hydrogen (secondary N) is 1. The van der Waals surface area contributed by atoms with Gasteiger partial charge in [-0.3, -0.25) is 19.0 Å².